The van der Waals surface area contributed by atoms with E-state index in [1.165, 1.54) is 0 Å². The summed E-state index contributed by atoms with van der Waals surface area (Å²) in [5, 5.41) is 20.1. The lowest BCUT2D eigenvalue weighted by Crippen LogP contribution is -2.39. The molecule has 8 heteroatoms. The van der Waals surface area contributed by atoms with Crippen LogP contribution < -0.4 is 5.32 Å². The Hall–Kier alpha value is -0.460. The molecule has 5 N–H and O–H groups in total. The van der Waals surface area contributed by atoms with Crippen molar-refractivity contribution in [3.8, 4) is 0 Å². The molecule has 84 valence electrons. The van der Waals surface area contributed by atoms with Crippen molar-refractivity contribution in [1.29, 1.82) is 0 Å². The SMILES string of the molecule is CC(C)NC(=NCP(=O)(O)O)C(O)O. The number of aliphatic hydroxyl groups excluding tert-OH is 1. The van der Waals surface area contributed by atoms with Gasteiger partial charge in [0, 0.05) is 6.04 Å². The number of amidine groups is 1. The van der Waals surface area contributed by atoms with E-state index in [2.05, 4.69) is 10.3 Å². The Kier molecular flexibility index (Phi) is 5.25. The molecule has 0 aromatic carbocycles. The lowest BCUT2D eigenvalue weighted by Gasteiger charge is -2.14. The Balaban J connectivity index is 4.42. The number of hydrogen-bond donors (Lipinski definition) is 5. The average molecular weight is 226 g/mol. The van der Waals surface area contributed by atoms with E-state index in [4.69, 9.17) is 20.0 Å². The van der Waals surface area contributed by atoms with Gasteiger partial charge < -0.3 is 25.3 Å². The van der Waals surface area contributed by atoms with Gasteiger partial charge in [0.05, 0.1) is 0 Å². The molecule has 0 amide bonds. The monoisotopic (exact) mass is 226 g/mol. The first-order valence-corrected chi connectivity index (χ1v) is 5.73. The van der Waals surface area contributed by atoms with Crippen LogP contribution in [0, 0.1) is 0 Å². The molecule has 0 aromatic heterocycles. The number of rotatable bonds is 4. The maximum atomic E-state index is 10.4. The zero-order chi connectivity index (χ0) is 11.4. The van der Waals surface area contributed by atoms with E-state index in [1.54, 1.807) is 13.8 Å². The van der Waals surface area contributed by atoms with Crippen LogP contribution in [-0.2, 0) is 4.57 Å². The summed E-state index contributed by atoms with van der Waals surface area (Å²) in [7, 11) is -4.25. The van der Waals surface area contributed by atoms with Crippen molar-refractivity contribution in [3.63, 3.8) is 0 Å². The van der Waals surface area contributed by atoms with Crippen molar-refractivity contribution in [2.45, 2.75) is 26.2 Å². The predicted molar refractivity (Wildman–Crippen MR) is 50.8 cm³/mol. The van der Waals surface area contributed by atoms with Crippen LogP contribution in [0.5, 0.6) is 0 Å². The summed E-state index contributed by atoms with van der Waals surface area (Å²) in [6, 6.07) is -0.104. The zero-order valence-corrected chi connectivity index (χ0v) is 8.85. The van der Waals surface area contributed by atoms with Crippen molar-refractivity contribution >= 4 is 13.4 Å². The number of aliphatic imine (C=N–C) groups is 1. The first-order valence-electron chi connectivity index (χ1n) is 3.94. The highest BCUT2D eigenvalue weighted by molar-refractivity contribution is 7.51. The van der Waals surface area contributed by atoms with Gasteiger partial charge in [-0.3, -0.25) is 9.56 Å². The van der Waals surface area contributed by atoms with Gasteiger partial charge in [0.25, 0.3) is 0 Å². The van der Waals surface area contributed by atoms with E-state index in [9.17, 15) is 4.57 Å². The first-order chi connectivity index (χ1) is 6.22. The van der Waals surface area contributed by atoms with Gasteiger partial charge in [-0.15, -0.1) is 0 Å². The molecule has 0 rings (SSSR count). The highest BCUT2D eigenvalue weighted by Crippen LogP contribution is 2.33. The minimum Gasteiger partial charge on any atom is -0.367 e. The predicted octanol–water partition coefficient (Wildman–Crippen LogP) is -1.17. The second kappa shape index (κ2) is 5.43. The highest BCUT2D eigenvalue weighted by atomic mass is 31.2. The zero-order valence-electron chi connectivity index (χ0n) is 7.95. The number of nitrogens with one attached hydrogen (secondary N) is 1. The summed E-state index contributed by atoms with van der Waals surface area (Å²) in [6.07, 6.45) is -2.62. The van der Waals surface area contributed by atoms with Crippen molar-refractivity contribution in [2.75, 3.05) is 6.29 Å². The van der Waals surface area contributed by atoms with Crippen LogP contribution in [0.1, 0.15) is 13.8 Å². The largest absolute Gasteiger partial charge is 0.367 e. The summed E-state index contributed by atoms with van der Waals surface area (Å²) >= 11 is 0. The number of hydrogen-bond acceptors (Lipinski definition) is 4. The minimum absolute atomic E-state index is 0.104. The molecule has 0 aliphatic rings. The molecule has 7 nitrogen and oxygen atoms in total. The Morgan fingerprint density at radius 2 is 1.93 bits per heavy atom. The quantitative estimate of drug-likeness (QED) is 0.178. The van der Waals surface area contributed by atoms with Gasteiger partial charge in [-0.1, -0.05) is 0 Å². The van der Waals surface area contributed by atoms with E-state index in [1.807, 2.05) is 0 Å². The Labute approximate surface area is 81.6 Å². The molecule has 0 bridgehead atoms. The van der Waals surface area contributed by atoms with Gasteiger partial charge in [0.2, 0.25) is 6.29 Å². The number of nitrogens with zero attached hydrogens (tertiary/aromatic N) is 1. The molecule has 0 unspecified atom stereocenters. The molecule has 0 radical (unpaired) electrons. The molecular formula is C6H15N2O5P. The smallest absolute Gasteiger partial charge is 0.346 e. The average Bonchev–Trinajstić information content (AvgIpc) is 1.94. The van der Waals surface area contributed by atoms with E-state index in [0.717, 1.165) is 0 Å². The van der Waals surface area contributed by atoms with Crippen LogP contribution in [0.15, 0.2) is 4.99 Å². The van der Waals surface area contributed by atoms with Crippen LogP contribution in [0.25, 0.3) is 0 Å². The van der Waals surface area contributed by atoms with Crippen molar-refractivity contribution < 1.29 is 24.6 Å². The fraction of sp³-hybridized carbons (Fsp3) is 0.833. The van der Waals surface area contributed by atoms with Crippen LogP contribution in [-0.4, -0.2) is 44.5 Å². The van der Waals surface area contributed by atoms with Gasteiger partial charge in [0.1, 0.15) is 6.29 Å². The van der Waals surface area contributed by atoms with Crippen LogP contribution in [0.2, 0.25) is 0 Å². The lowest BCUT2D eigenvalue weighted by atomic mass is 10.4. The van der Waals surface area contributed by atoms with Crippen molar-refractivity contribution in [3.05, 3.63) is 0 Å². The number of aliphatic hydroxyl groups is 2. The molecule has 0 saturated carbocycles. The van der Waals surface area contributed by atoms with Crippen LogP contribution >= 0.6 is 7.60 Å². The fourth-order valence-electron chi connectivity index (χ4n) is 0.666. The normalized spacial score (nSPS) is 13.9. The van der Waals surface area contributed by atoms with E-state index >= 15 is 0 Å². The molecule has 0 aliphatic carbocycles. The fourth-order valence-corrected chi connectivity index (χ4v) is 1.00. The molecule has 0 fully saturated rings. The molecule has 0 atom stereocenters. The third-order valence-corrected chi connectivity index (χ3v) is 1.62. The summed E-state index contributed by atoms with van der Waals surface area (Å²) in [4.78, 5) is 20.4. The molecule has 0 aromatic rings. The van der Waals surface area contributed by atoms with E-state index in [-0.39, 0.29) is 11.9 Å². The Morgan fingerprint density at radius 1 is 1.43 bits per heavy atom. The lowest BCUT2D eigenvalue weighted by molar-refractivity contribution is 0.0162. The van der Waals surface area contributed by atoms with Crippen LogP contribution in [0.4, 0.5) is 0 Å². The molecule has 0 saturated heterocycles. The maximum Gasteiger partial charge on any atom is 0.346 e. The summed E-state index contributed by atoms with van der Waals surface area (Å²) < 4.78 is 10.4. The van der Waals surface area contributed by atoms with Crippen LogP contribution in [0.3, 0.4) is 0 Å². The first kappa shape index (κ1) is 13.5. The summed E-state index contributed by atoms with van der Waals surface area (Å²) in [5.74, 6) is -0.247. The second-order valence-corrected chi connectivity index (χ2v) is 4.63. The third-order valence-electron chi connectivity index (χ3n) is 1.11. The van der Waals surface area contributed by atoms with Gasteiger partial charge >= 0.3 is 7.60 Å². The van der Waals surface area contributed by atoms with Gasteiger partial charge in [-0.25, -0.2) is 0 Å². The molecule has 0 heterocycles. The van der Waals surface area contributed by atoms with E-state index < -0.39 is 20.2 Å². The third kappa shape index (κ3) is 6.99. The standard InChI is InChI=1S/C6H15N2O5P/c1-4(2)8-5(6(9)10)7-3-14(11,12)13/h4,6,9-10H,3H2,1-2H3,(H,7,8)(H2,11,12,13). The topological polar surface area (TPSA) is 122 Å². The second-order valence-electron chi connectivity index (χ2n) is 3.02. The summed E-state index contributed by atoms with van der Waals surface area (Å²) in [5.41, 5.74) is 0. The van der Waals surface area contributed by atoms with E-state index in [0.29, 0.717) is 0 Å². The Bertz CT molecular complexity index is 247. The van der Waals surface area contributed by atoms with Gasteiger partial charge in [-0.05, 0) is 13.8 Å². The Morgan fingerprint density at radius 3 is 2.21 bits per heavy atom. The maximum absolute atomic E-state index is 10.4. The summed E-state index contributed by atoms with van der Waals surface area (Å²) in [6.45, 7) is 3.46. The minimum atomic E-state index is -4.25. The highest BCUT2D eigenvalue weighted by Gasteiger charge is 2.15. The molecular weight excluding hydrogens is 211 g/mol. The van der Waals surface area contributed by atoms with Crippen molar-refractivity contribution in [2.24, 2.45) is 4.99 Å². The van der Waals surface area contributed by atoms with Gasteiger partial charge in [-0.2, -0.15) is 0 Å². The molecule has 14 heavy (non-hydrogen) atoms. The molecule has 0 spiro atoms. The van der Waals surface area contributed by atoms with Crippen molar-refractivity contribution in [1.82, 2.24) is 5.32 Å². The van der Waals surface area contributed by atoms with Gasteiger partial charge in [0.15, 0.2) is 5.84 Å². The molecule has 0 aliphatic heterocycles.